The van der Waals surface area contributed by atoms with Gasteiger partial charge in [-0.15, -0.1) is 0 Å². The minimum atomic E-state index is 0.290. The smallest absolute Gasteiger partial charge is 0.164 e. The van der Waals surface area contributed by atoms with Gasteiger partial charge in [0.1, 0.15) is 0 Å². The minimum absolute atomic E-state index is 0.290. The molecule has 1 fully saturated rings. The molecule has 0 radical (unpaired) electrons. The Morgan fingerprint density at radius 3 is 2.63 bits per heavy atom. The summed E-state index contributed by atoms with van der Waals surface area (Å²) in [5, 5.41) is 13.5. The molecule has 0 saturated carbocycles. The van der Waals surface area contributed by atoms with Gasteiger partial charge in [0.05, 0.1) is 7.11 Å². The summed E-state index contributed by atoms with van der Waals surface area (Å²) in [6.07, 6.45) is 0.915. The van der Waals surface area contributed by atoms with Crippen LogP contribution in [0.5, 0.6) is 11.5 Å². The maximum absolute atomic E-state index is 10.1. The first-order valence-corrected chi connectivity index (χ1v) is 6.92. The lowest BCUT2D eigenvalue weighted by Gasteiger charge is -2.27. The van der Waals surface area contributed by atoms with E-state index in [0.29, 0.717) is 5.75 Å². The Labute approximate surface area is 115 Å². The quantitative estimate of drug-likeness (QED) is 0.864. The third-order valence-corrected chi connectivity index (χ3v) is 3.96. The molecule has 1 aliphatic rings. The predicted octanol–water partition coefficient (Wildman–Crippen LogP) is 1.47. The Hall–Kier alpha value is -1.26. The van der Waals surface area contributed by atoms with E-state index < -0.39 is 0 Å². The van der Waals surface area contributed by atoms with E-state index in [1.165, 1.54) is 0 Å². The molecule has 0 spiro atoms. The fourth-order valence-electron chi connectivity index (χ4n) is 2.57. The maximum Gasteiger partial charge on any atom is 0.164 e. The maximum atomic E-state index is 10.1. The molecule has 1 heterocycles. The molecule has 0 aliphatic carbocycles. The van der Waals surface area contributed by atoms with E-state index in [-0.39, 0.29) is 5.75 Å². The number of piperazine rings is 1. The van der Waals surface area contributed by atoms with Gasteiger partial charge in [-0.2, -0.15) is 0 Å². The highest BCUT2D eigenvalue weighted by Crippen LogP contribution is 2.35. The topological polar surface area (TPSA) is 44.7 Å². The van der Waals surface area contributed by atoms with Crippen molar-refractivity contribution >= 4 is 0 Å². The summed E-state index contributed by atoms with van der Waals surface area (Å²) in [6.45, 7) is 9.29. The van der Waals surface area contributed by atoms with Crippen LogP contribution in [0.15, 0.2) is 6.07 Å². The Balaban J connectivity index is 2.10. The minimum Gasteiger partial charge on any atom is -0.504 e. The number of nitrogens with one attached hydrogen (secondary N) is 1. The van der Waals surface area contributed by atoms with Crippen LogP contribution in [0.25, 0.3) is 0 Å². The fourth-order valence-corrected chi connectivity index (χ4v) is 2.57. The van der Waals surface area contributed by atoms with Gasteiger partial charge in [0.15, 0.2) is 11.5 Å². The van der Waals surface area contributed by atoms with Crippen molar-refractivity contribution in [3.05, 3.63) is 22.8 Å². The number of benzene rings is 1. The van der Waals surface area contributed by atoms with Crippen molar-refractivity contribution in [2.45, 2.75) is 20.3 Å². The van der Waals surface area contributed by atoms with Gasteiger partial charge in [0, 0.05) is 32.7 Å². The normalized spacial score (nSPS) is 16.6. The van der Waals surface area contributed by atoms with Gasteiger partial charge >= 0.3 is 0 Å². The van der Waals surface area contributed by atoms with Crippen molar-refractivity contribution < 1.29 is 9.84 Å². The number of rotatable bonds is 4. The lowest BCUT2D eigenvalue weighted by atomic mass is 10.0. The zero-order chi connectivity index (χ0) is 13.8. The Kier molecular flexibility index (Phi) is 4.66. The number of hydrogen-bond donors (Lipinski definition) is 2. The zero-order valence-corrected chi connectivity index (χ0v) is 12.1. The second-order valence-electron chi connectivity index (χ2n) is 5.20. The summed E-state index contributed by atoms with van der Waals surface area (Å²) in [7, 11) is 1.62. The van der Waals surface area contributed by atoms with Crippen LogP contribution in [0.4, 0.5) is 0 Å². The van der Waals surface area contributed by atoms with Crippen molar-refractivity contribution in [2.75, 3.05) is 39.8 Å². The van der Waals surface area contributed by atoms with Gasteiger partial charge in [-0.1, -0.05) is 6.07 Å². The Morgan fingerprint density at radius 2 is 2.00 bits per heavy atom. The predicted molar refractivity (Wildman–Crippen MR) is 77.1 cm³/mol. The van der Waals surface area contributed by atoms with E-state index in [1.54, 1.807) is 7.11 Å². The van der Waals surface area contributed by atoms with E-state index in [0.717, 1.165) is 55.8 Å². The molecule has 2 rings (SSSR count). The second kappa shape index (κ2) is 6.26. The molecular formula is C15H24N2O2. The highest BCUT2D eigenvalue weighted by molar-refractivity contribution is 5.54. The van der Waals surface area contributed by atoms with Crippen molar-refractivity contribution in [3.8, 4) is 11.5 Å². The molecule has 0 aromatic heterocycles. The number of phenolic OH excluding ortho intramolecular Hbond substituents is 1. The van der Waals surface area contributed by atoms with Crippen molar-refractivity contribution in [1.29, 1.82) is 0 Å². The number of hydrogen-bond acceptors (Lipinski definition) is 4. The highest BCUT2D eigenvalue weighted by atomic mass is 16.5. The van der Waals surface area contributed by atoms with Crippen LogP contribution in [0.2, 0.25) is 0 Å². The summed E-state index contributed by atoms with van der Waals surface area (Å²) in [4.78, 5) is 2.45. The average Bonchev–Trinajstić information content (AvgIpc) is 2.44. The summed E-state index contributed by atoms with van der Waals surface area (Å²) in [6, 6.07) is 2.14. The second-order valence-corrected chi connectivity index (χ2v) is 5.20. The molecule has 19 heavy (non-hydrogen) atoms. The van der Waals surface area contributed by atoms with Crippen LogP contribution in [0, 0.1) is 13.8 Å². The molecule has 0 atom stereocenters. The van der Waals surface area contributed by atoms with E-state index >= 15 is 0 Å². The van der Waals surface area contributed by atoms with E-state index in [1.807, 2.05) is 13.8 Å². The van der Waals surface area contributed by atoms with E-state index in [2.05, 4.69) is 16.3 Å². The molecule has 2 N–H and O–H groups in total. The van der Waals surface area contributed by atoms with Gasteiger partial charge in [-0.05, 0) is 37.0 Å². The molecule has 1 aromatic carbocycles. The Morgan fingerprint density at radius 1 is 1.32 bits per heavy atom. The molecule has 1 aromatic rings. The van der Waals surface area contributed by atoms with Crippen LogP contribution in [0.1, 0.15) is 16.7 Å². The third kappa shape index (κ3) is 3.19. The summed E-state index contributed by atoms with van der Waals surface area (Å²) in [5.41, 5.74) is 3.12. The molecule has 1 aliphatic heterocycles. The van der Waals surface area contributed by atoms with Crippen LogP contribution < -0.4 is 10.1 Å². The first kappa shape index (κ1) is 14.2. The number of phenols is 1. The van der Waals surface area contributed by atoms with Gasteiger partial charge in [-0.25, -0.2) is 0 Å². The molecule has 0 bridgehead atoms. The molecule has 4 nitrogen and oxygen atoms in total. The molecule has 106 valence electrons. The summed E-state index contributed by atoms with van der Waals surface area (Å²) in [5.74, 6) is 0.927. The van der Waals surface area contributed by atoms with E-state index in [9.17, 15) is 5.11 Å². The van der Waals surface area contributed by atoms with Crippen LogP contribution in [-0.2, 0) is 6.42 Å². The molecular weight excluding hydrogens is 240 g/mol. The number of nitrogens with zero attached hydrogens (tertiary/aromatic N) is 1. The van der Waals surface area contributed by atoms with Crippen molar-refractivity contribution in [2.24, 2.45) is 0 Å². The monoisotopic (exact) mass is 264 g/mol. The van der Waals surface area contributed by atoms with E-state index in [4.69, 9.17) is 4.74 Å². The molecule has 0 unspecified atom stereocenters. The zero-order valence-electron chi connectivity index (χ0n) is 12.1. The summed E-state index contributed by atoms with van der Waals surface area (Å²) >= 11 is 0. The molecule has 0 amide bonds. The van der Waals surface area contributed by atoms with Crippen molar-refractivity contribution in [1.82, 2.24) is 10.2 Å². The summed E-state index contributed by atoms with van der Waals surface area (Å²) < 4.78 is 5.37. The highest BCUT2D eigenvalue weighted by Gasteiger charge is 2.15. The SMILES string of the molecule is COc1c(CCN2CCNCC2)cc(C)c(C)c1O. The van der Waals surface area contributed by atoms with Crippen molar-refractivity contribution in [3.63, 3.8) is 0 Å². The third-order valence-electron chi connectivity index (χ3n) is 3.96. The number of ether oxygens (including phenoxy) is 1. The van der Waals surface area contributed by atoms with Crippen LogP contribution >= 0.6 is 0 Å². The number of aryl methyl sites for hydroxylation is 1. The lowest BCUT2D eigenvalue weighted by molar-refractivity contribution is 0.242. The first-order chi connectivity index (χ1) is 9.13. The van der Waals surface area contributed by atoms with Gasteiger partial charge < -0.3 is 20.1 Å². The van der Waals surface area contributed by atoms with Gasteiger partial charge in [0.25, 0.3) is 0 Å². The Bertz CT molecular complexity index is 440. The fraction of sp³-hybridized carbons (Fsp3) is 0.600. The molecule has 4 heteroatoms. The number of aromatic hydroxyl groups is 1. The standard InChI is InChI=1S/C15H24N2O2/c1-11-10-13(15(19-3)14(18)12(11)2)4-7-17-8-5-16-6-9-17/h10,16,18H,4-9H2,1-3H3. The number of methoxy groups -OCH3 is 1. The molecule has 1 saturated heterocycles. The largest absolute Gasteiger partial charge is 0.504 e. The van der Waals surface area contributed by atoms with Gasteiger partial charge in [-0.3, -0.25) is 0 Å². The van der Waals surface area contributed by atoms with Crippen LogP contribution in [-0.4, -0.2) is 49.8 Å². The first-order valence-electron chi connectivity index (χ1n) is 6.92. The van der Waals surface area contributed by atoms with Crippen LogP contribution in [0.3, 0.4) is 0 Å². The average molecular weight is 264 g/mol. The lowest BCUT2D eigenvalue weighted by Crippen LogP contribution is -2.44. The van der Waals surface area contributed by atoms with Gasteiger partial charge in [0.2, 0.25) is 0 Å².